The largest absolute Gasteiger partial charge is 0.347 e. The molecule has 0 unspecified atom stereocenters. The Hall–Kier alpha value is -3.22. The summed E-state index contributed by atoms with van der Waals surface area (Å²) in [6, 6.07) is 11.5. The second-order valence-electron chi connectivity index (χ2n) is 6.49. The molecular formula is C20H23N5O2. The van der Waals surface area contributed by atoms with Crippen LogP contribution in [0.5, 0.6) is 0 Å². The Morgan fingerprint density at radius 3 is 2.67 bits per heavy atom. The maximum absolute atomic E-state index is 12.6. The Kier molecular flexibility index (Phi) is 5.80. The molecule has 0 aliphatic heterocycles. The Balaban J connectivity index is 1.68. The summed E-state index contributed by atoms with van der Waals surface area (Å²) in [6.07, 6.45) is 4.44. The molecule has 3 aromatic rings. The van der Waals surface area contributed by atoms with Crippen molar-refractivity contribution in [1.29, 1.82) is 0 Å². The molecule has 0 fully saturated rings. The second-order valence-corrected chi connectivity index (χ2v) is 6.49. The summed E-state index contributed by atoms with van der Waals surface area (Å²) >= 11 is 0. The van der Waals surface area contributed by atoms with Gasteiger partial charge in [-0.25, -0.2) is 4.79 Å². The van der Waals surface area contributed by atoms with E-state index in [1.165, 1.54) is 0 Å². The van der Waals surface area contributed by atoms with E-state index in [2.05, 4.69) is 20.4 Å². The summed E-state index contributed by atoms with van der Waals surface area (Å²) in [5.74, 6) is -0.0546. The van der Waals surface area contributed by atoms with Gasteiger partial charge in [-0.1, -0.05) is 30.3 Å². The maximum atomic E-state index is 12.6. The lowest BCUT2D eigenvalue weighted by Crippen LogP contribution is -2.32. The first kappa shape index (κ1) is 18.6. The standard InChI is InChI=1S/C20H23N5O2/c1-14-17(15(2)23-20(27)22-14)9-10-19(26)24-18(13-25-12-6-11-21-25)16-7-4-3-5-8-16/h3-8,11-12,18H,9-10,13H2,1-2H3,(H,24,26)(H,22,23,27)/t18-/m1/s1. The number of aryl methyl sites for hydroxylation is 2. The Morgan fingerprint density at radius 2 is 2.00 bits per heavy atom. The van der Waals surface area contributed by atoms with Crippen LogP contribution in [0.25, 0.3) is 0 Å². The molecule has 2 N–H and O–H groups in total. The zero-order chi connectivity index (χ0) is 19.2. The van der Waals surface area contributed by atoms with Crippen LogP contribution in [-0.4, -0.2) is 25.7 Å². The molecule has 0 bridgehead atoms. The third-order valence-electron chi connectivity index (χ3n) is 4.52. The zero-order valence-electron chi connectivity index (χ0n) is 15.5. The van der Waals surface area contributed by atoms with E-state index in [0.717, 1.165) is 16.8 Å². The highest BCUT2D eigenvalue weighted by Crippen LogP contribution is 2.16. The van der Waals surface area contributed by atoms with Crippen molar-refractivity contribution in [2.24, 2.45) is 0 Å². The SMILES string of the molecule is Cc1nc(=O)[nH]c(C)c1CCC(=O)N[C@H](Cn1cccn1)c1ccccc1. The van der Waals surface area contributed by atoms with E-state index in [4.69, 9.17) is 0 Å². The van der Waals surface area contributed by atoms with E-state index in [9.17, 15) is 9.59 Å². The highest BCUT2D eigenvalue weighted by Gasteiger charge is 2.16. The van der Waals surface area contributed by atoms with Gasteiger partial charge in [0.05, 0.1) is 12.6 Å². The lowest BCUT2D eigenvalue weighted by Gasteiger charge is -2.19. The topological polar surface area (TPSA) is 92.7 Å². The predicted octanol–water partition coefficient (Wildman–Crippen LogP) is 2.07. The minimum absolute atomic E-state index is 0.0546. The summed E-state index contributed by atoms with van der Waals surface area (Å²) in [5.41, 5.74) is 3.01. The van der Waals surface area contributed by atoms with Crippen LogP contribution < -0.4 is 11.0 Å². The van der Waals surface area contributed by atoms with Gasteiger partial charge in [0.1, 0.15) is 0 Å². The van der Waals surface area contributed by atoms with Gasteiger partial charge in [-0.2, -0.15) is 10.1 Å². The molecule has 0 aliphatic rings. The molecule has 0 saturated carbocycles. The number of nitrogens with zero attached hydrogens (tertiary/aromatic N) is 3. The molecule has 27 heavy (non-hydrogen) atoms. The molecule has 1 amide bonds. The quantitative estimate of drug-likeness (QED) is 0.670. The van der Waals surface area contributed by atoms with Gasteiger partial charge in [0, 0.05) is 30.2 Å². The van der Waals surface area contributed by atoms with Crippen LogP contribution in [0.4, 0.5) is 0 Å². The number of benzene rings is 1. The van der Waals surface area contributed by atoms with Crippen molar-refractivity contribution in [2.75, 3.05) is 0 Å². The predicted molar refractivity (Wildman–Crippen MR) is 102 cm³/mol. The number of aromatic amines is 1. The Bertz CT molecular complexity index is 922. The fourth-order valence-corrected chi connectivity index (χ4v) is 3.14. The molecule has 2 heterocycles. The van der Waals surface area contributed by atoms with Crippen molar-refractivity contribution < 1.29 is 4.79 Å². The summed E-state index contributed by atoms with van der Waals surface area (Å²) in [7, 11) is 0. The number of aromatic nitrogens is 4. The molecule has 0 radical (unpaired) electrons. The molecule has 7 nitrogen and oxygen atoms in total. The maximum Gasteiger partial charge on any atom is 0.345 e. The van der Waals surface area contributed by atoms with Gasteiger partial charge in [0.25, 0.3) is 0 Å². The summed E-state index contributed by atoms with van der Waals surface area (Å²) < 4.78 is 1.80. The molecule has 0 saturated heterocycles. The van der Waals surface area contributed by atoms with E-state index in [-0.39, 0.29) is 17.6 Å². The van der Waals surface area contributed by atoms with E-state index in [1.54, 1.807) is 17.8 Å². The van der Waals surface area contributed by atoms with Gasteiger partial charge >= 0.3 is 5.69 Å². The van der Waals surface area contributed by atoms with Gasteiger partial charge in [-0.05, 0) is 37.5 Å². The van der Waals surface area contributed by atoms with Crippen molar-refractivity contribution in [1.82, 2.24) is 25.1 Å². The zero-order valence-corrected chi connectivity index (χ0v) is 15.5. The number of carbonyl (C=O) groups is 1. The van der Waals surface area contributed by atoms with E-state index < -0.39 is 0 Å². The van der Waals surface area contributed by atoms with Crippen LogP contribution in [0.15, 0.2) is 53.6 Å². The summed E-state index contributed by atoms with van der Waals surface area (Å²) in [5, 5.41) is 7.34. The first-order chi connectivity index (χ1) is 13.0. The minimum Gasteiger partial charge on any atom is -0.347 e. The van der Waals surface area contributed by atoms with Gasteiger partial charge < -0.3 is 10.3 Å². The molecule has 0 spiro atoms. The van der Waals surface area contributed by atoms with Gasteiger partial charge in [0.15, 0.2) is 0 Å². The van der Waals surface area contributed by atoms with Crippen molar-refractivity contribution in [3.05, 3.63) is 81.8 Å². The van der Waals surface area contributed by atoms with Crippen LogP contribution in [0, 0.1) is 13.8 Å². The molecule has 1 atom stereocenters. The molecule has 140 valence electrons. The Morgan fingerprint density at radius 1 is 1.22 bits per heavy atom. The third kappa shape index (κ3) is 4.91. The van der Waals surface area contributed by atoms with Crippen molar-refractivity contribution in [3.63, 3.8) is 0 Å². The van der Waals surface area contributed by atoms with Crippen molar-refractivity contribution >= 4 is 5.91 Å². The highest BCUT2D eigenvalue weighted by atomic mass is 16.1. The third-order valence-corrected chi connectivity index (χ3v) is 4.52. The molecule has 0 aliphatic carbocycles. The van der Waals surface area contributed by atoms with Crippen molar-refractivity contribution in [3.8, 4) is 0 Å². The molecule has 7 heteroatoms. The van der Waals surface area contributed by atoms with E-state index >= 15 is 0 Å². The summed E-state index contributed by atoms with van der Waals surface area (Å²) in [6.45, 7) is 4.18. The highest BCUT2D eigenvalue weighted by molar-refractivity contribution is 5.76. The monoisotopic (exact) mass is 365 g/mol. The number of rotatable bonds is 7. The smallest absolute Gasteiger partial charge is 0.345 e. The number of hydrogen-bond donors (Lipinski definition) is 2. The van der Waals surface area contributed by atoms with Gasteiger partial charge in [0.2, 0.25) is 5.91 Å². The second kappa shape index (κ2) is 8.44. The number of carbonyl (C=O) groups excluding carboxylic acids is 1. The van der Waals surface area contributed by atoms with Crippen LogP contribution in [0.2, 0.25) is 0 Å². The number of nitrogens with one attached hydrogen (secondary N) is 2. The van der Waals surface area contributed by atoms with Crippen molar-refractivity contribution in [2.45, 2.75) is 39.3 Å². The number of amides is 1. The normalized spacial score (nSPS) is 11.9. The lowest BCUT2D eigenvalue weighted by molar-refractivity contribution is -0.121. The molecule has 2 aromatic heterocycles. The average molecular weight is 365 g/mol. The number of hydrogen-bond acceptors (Lipinski definition) is 4. The van der Waals surface area contributed by atoms with Crippen LogP contribution in [0.3, 0.4) is 0 Å². The van der Waals surface area contributed by atoms with Crippen LogP contribution >= 0.6 is 0 Å². The fourth-order valence-electron chi connectivity index (χ4n) is 3.14. The molecule has 3 rings (SSSR count). The van der Waals surface area contributed by atoms with Crippen LogP contribution in [0.1, 0.15) is 35.0 Å². The van der Waals surface area contributed by atoms with Gasteiger partial charge in [-0.3, -0.25) is 9.48 Å². The molecular weight excluding hydrogens is 342 g/mol. The first-order valence-electron chi connectivity index (χ1n) is 8.91. The average Bonchev–Trinajstić information content (AvgIpc) is 3.14. The fraction of sp³-hybridized carbons (Fsp3) is 0.300. The van der Waals surface area contributed by atoms with Crippen LogP contribution in [-0.2, 0) is 17.8 Å². The summed E-state index contributed by atoms with van der Waals surface area (Å²) in [4.78, 5) is 30.6. The van der Waals surface area contributed by atoms with Gasteiger partial charge in [-0.15, -0.1) is 0 Å². The molecule has 1 aromatic carbocycles. The lowest BCUT2D eigenvalue weighted by atomic mass is 10.0. The van der Waals surface area contributed by atoms with E-state index in [0.29, 0.717) is 25.1 Å². The number of H-pyrrole nitrogens is 1. The minimum atomic E-state index is -0.360. The Labute approximate surface area is 157 Å². The van der Waals surface area contributed by atoms with E-state index in [1.807, 2.05) is 49.5 Å². The first-order valence-corrected chi connectivity index (χ1v) is 8.91.